The lowest BCUT2D eigenvalue weighted by Gasteiger charge is -2.09. The number of alkyl halides is 3. The van der Waals surface area contributed by atoms with Crippen LogP contribution >= 0.6 is 0 Å². The van der Waals surface area contributed by atoms with E-state index in [0.29, 0.717) is 18.7 Å². The molecule has 2 rings (SSSR count). The Bertz CT molecular complexity index is 567. The van der Waals surface area contributed by atoms with Crippen LogP contribution in [0.25, 0.3) is 0 Å². The third-order valence-corrected chi connectivity index (χ3v) is 2.77. The van der Waals surface area contributed by atoms with Crippen molar-refractivity contribution >= 4 is 5.82 Å². The molecule has 0 amide bonds. The molecular weight excluding hydrogens is 269 g/mol. The number of nitrogens with two attached hydrogens (primary N) is 1. The lowest BCUT2D eigenvalue weighted by atomic mass is 10.1. The number of benzene rings is 1. The van der Waals surface area contributed by atoms with Gasteiger partial charge in [0.05, 0.1) is 0 Å². The van der Waals surface area contributed by atoms with Crippen LogP contribution in [0.2, 0.25) is 0 Å². The summed E-state index contributed by atoms with van der Waals surface area (Å²) in [5, 5.41) is 0. The molecule has 0 aliphatic heterocycles. The number of pyridine rings is 1. The molecule has 0 bridgehead atoms. The molecule has 2 aromatic rings. The minimum absolute atomic E-state index is 0.220. The van der Waals surface area contributed by atoms with Crippen molar-refractivity contribution in [3.63, 3.8) is 0 Å². The predicted octanol–water partition coefficient (Wildman–Crippen LogP) is 3.35. The van der Waals surface area contributed by atoms with Crippen LogP contribution in [0.15, 0.2) is 42.6 Å². The van der Waals surface area contributed by atoms with Crippen LogP contribution in [0, 0.1) is 0 Å². The predicted molar refractivity (Wildman–Crippen MR) is 69.2 cm³/mol. The van der Waals surface area contributed by atoms with Gasteiger partial charge in [0.25, 0.3) is 0 Å². The van der Waals surface area contributed by atoms with Crippen LogP contribution in [0.1, 0.15) is 11.1 Å². The normalized spacial score (nSPS) is 11.3. The number of nitrogen functional groups attached to an aromatic ring is 1. The van der Waals surface area contributed by atoms with Gasteiger partial charge in [-0.15, -0.1) is 13.2 Å². The van der Waals surface area contributed by atoms with Crippen LogP contribution in [-0.4, -0.2) is 11.3 Å². The molecule has 0 atom stereocenters. The van der Waals surface area contributed by atoms with E-state index in [4.69, 9.17) is 5.73 Å². The first kappa shape index (κ1) is 14.2. The van der Waals surface area contributed by atoms with Gasteiger partial charge in [-0.05, 0) is 42.2 Å². The molecule has 0 radical (unpaired) electrons. The number of hydrogen-bond donors (Lipinski definition) is 1. The number of rotatable bonds is 4. The van der Waals surface area contributed by atoms with E-state index in [1.54, 1.807) is 24.4 Å². The molecule has 0 aliphatic rings. The van der Waals surface area contributed by atoms with Gasteiger partial charge in [0.2, 0.25) is 0 Å². The Balaban J connectivity index is 1.96. The van der Waals surface area contributed by atoms with Crippen molar-refractivity contribution in [1.82, 2.24) is 4.98 Å². The fraction of sp³-hybridized carbons (Fsp3) is 0.214. The summed E-state index contributed by atoms with van der Waals surface area (Å²) in [5.41, 5.74) is 7.55. The maximum Gasteiger partial charge on any atom is 0.573 e. The highest BCUT2D eigenvalue weighted by atomic mass is 19.4. The van der Waals surface area contributed by atoms with E-state index in [9.17, 15) is 13.2 Å². The van der Waals surface area contributed by atoms with Crippen LogP contribution < -0.4 is 10.5 Å². The Morgan fingerprint density at radius 2 is 1.75 bits per heavy atom. The van der Waals surface area contributed by atoms with Crippen molar-refractivity contribution in [2.45, 2.75) is 19.2 Å². The highest BCUT2D eigenvalue weighted by Gasteiger charge is 2.30. The van der Waals surface area contributed by atoms with E-state index < -0.39 is 6.36 Å². The lowest BCUT2D eigenvalue weighted by Crippen LogP contribution is -2.17. The quantitative estimate of drug-likeness (QED) is 0.935. The topological polar surface area (TPSA) is 48.1 Å². The molecular formula is C14H13F3N2O. The largest absolute Gasteiger partial charge is 0.573 e. The molecule has 3 nitrogen and oxygen atoms in total. The van der Waals surface area contributed by atoms with Crippen LogP contribution in [0.3, 0.4) is 0 Å². The van der Waals surface area contributed by atoms with Gasteiger partial charge in [-0.25, -0.2) is 4.98 Å². The number of ether oxygens (including phenoxy) is 1. The van der Waals surface area contributed by atoms with Crippen LogP contribution in [0.5, 0.6) is 5.75 Å². The third-order valence-electron chi connectivity index (χ3n) is 2.77. The first-order chi connectivity index (χ1) is 9.44. The third kappa shape index (κ3) is 4.15. The highest BCUT2D eigenvalue weighted by molar-refractivity contribution is 5.39. The molecule has 1 aromatic carbocycles. The van der Waals surface area contributed by atoms with Gasteiger partial charge in [0.15, 0.2) is 0 Å². The van der Waals surface area contributed by atoms with Crippen LogP contribution in [0.4, 0.5) is 19.0 Å². The summed E-state index contributed by atoms with van der Waals surface area (Å²) >= 11 is 0. The molecule has 6 heteroatoms. The highest BCUT2D eigenvalue weighted by Crippen LogP contribution is 2.23. The Labute approximate surface area is 114 Å². The molecule has 0 unspecified atom stereocenters. The monoisotopic (exact) mass is 282 g/mol. The summed E-state index contributed by atoms with van der Waals surface area (Å²) < 4.78 is 39.8. The molecule has 1 aromatic heterocycles. The van der Waals surface area contributed by atoms with Crippen molar-refractivity contribution in [1.29, 1.82) is 0 Å². The average Bonchev–Trinajstić information content (AvgIpc) is 2.38. The van der Waals surface area contributed by atoms with Crippen molar-refractivity contribution in [2.75, 3.05) is 5.73 Å². The smallest absolute Gasteiger partial charge is 0.406 e. The summed E-state index contributed by atoms with van der Waals surface area (Å²) in [6.45, 7) is 0. The first-order valence-corrected chi connectivity index (χ1v) is 5.98. The van der Waals surface area contributed by atoms with Gasteiger partial charge in [-0.2, -0.15) is 0 Å². The Morgan fingerprint density at radius 1 is 1.05 bits per heavy atom. The average molecular weight is 282 g/mol. The second-order valence-corrected chi connectivity index (χ2v) is 4.24. The zero-order chi connectivity index (χ0) is 14.6. The molecule has 20 heavy (non-hydrogen) atoms. The Kier molecular flexibility index (Phi) is 4.12. The summed E-state index contributed by atoms with van der Waals surface area (Å²) in [7, 11) is 0. The first-order valence-electron chi connectivity index (χ1n) is 5.98. The van der Waals surface area contributed by atoms with E-state index in [1.807, 2.05) is 6.07 Å². The number of aryl methyl sites for hydroxylation is 2. The Hall–Kier alpha value is -2.24. The van der Waals surface area contributed by atoms with E-state index in [-0.39, 0.29) is 5.75 Å². The second kappa shape index (κ2) is 5.81. The number of nitrogens with zero attached hydrogens (tertiary/aromatic N) is 1. The second-order valence-electron chi connectivity index (χ2n) is 4.24. The molecule has 0 saturated heterocycles. The minimum atomic E-state index is -4.66. The zero-order valence-corrected chi connectivity index (χ0v) is 10.5. The van der Waals surface area contributed by atoms with E-state index >= 15 is 0 Å². The van der Waals surface area contributed by atoms with Gasteiger partial charge in [0, 0.05) is 6.20 Å². The fourth-order valence-electron chi connectivity index (χ4n) is 1.80. The number of anilines is 1. The molecule has 2 N–H and O–H groups in total. The summed E-state index contributed by atoms with van der Waals surface area (Å²) in [4.78, 5) is 3.98. The standard InChI is InChI=1S/C14H13F3N2O/c15-14(16,17)20-12-7-4-10(5-8-12)3-6-11-2-1-9-19-13(11)18/h1-2,4-5,7-9H,3,6H2,(H2,18,19). The maximum absolute atomic E-state index is 12.0. The van der Waals surface area contributed by atoms with Gasteiger partial charge < -0.3 is 10.5 Å². The molecule has 1 heterocycles. The van der Waals surface area contributed by atoms with Gasteiger partial charge in [-0.1, -0.05) is 18.2 Å². The van der Waals surface area contributed by atoms with Gasteiger partial charge in [0.1, 0.15) is 11.6 Å². The molecule has 106 valence electrons. The number of halogens is 3. The zero-order valence-electron chi connectivity index (χ0n) is 10.5. The van der Waals surface area contributed by atoms with E-state index in [2.05, 4.69) is 9.72 Å². The molecule has 0 saturated carbocycles. The molecule has 0 fully saturated rings. The molecule has 0 spiro atoms. The van der Waals surface area contributed by atoms with Gasteiger partial charge in [-0.3, -0.25) is 0 Å². The summed E-state index contributed by atoms with van der Waals surface area (Å²) in [5.74, 6) is 0.256. The lowest BCUT2D eigenvalue weighted by molar-refractivity contribution is -0.274. The fourth-order valence-corrected chi connectivity index (χ4v) is 1.80. The van der Waals surface area contributed by atoms with Crippen molar-refractivity contribution in [3.8, 4) is 5.75 Å². The van der Waals surface area contributed by atoms with Crippen LogP contribution in [-0.2, 0) is 12.8 Å². The number of aromatic nitrogens is 1. The minimum Gasteiger partial charge on any atom is -0.406 e. The van der Waals surface area contributed by atoms with Crippen molar-refractivity contribution in [2.24, 2.45) is 0 Å². The van der Waals surface area contributed by atoms with Gasteiger partial charge >= 0.3 is 6.36 Å². The summed E-state index contributed by atoms with van der Waals surface area (Å²) in [6, 6.07) is 9.49. The summed E-state index contributed by atoms with van der Waals surface area (Å²) in [6.07, 6.45) is -1.70. The van der Waals surface area contributed by atoms with Crippen molar-refractivity contribution < 1.29 is 17.9 Å². The van der Waals surface area contributed by atoms with E-state index in [1.165, 1.54) is 12.1 Å². The van der Waals surface area contributed by atoms with Crippen molar-refractivity contribution in [3.05, 3.63) is 53.7 Å². The Morgan fingerprint density at radius 3 is 2.35 bits per heavy atom. The number of hydrogen-bond acceptors (Lipinski definition) is 3. The van der Waals surface area contributed by atoms with E-state index in [0.717, 1.165) is 11.1 Å². The SMILES string of the molecule is Nc1ncccc1CCc1ccc(OC(F)(F)F)cc1. The maximum atomic E-state index is 12.0. The molecule has 0 aliphatic carbocycles.